The van der Waals surface area contributed by atoms with Gasteiger partial charge in [-0.05, 0) is 0 Å². The molecule has 88 valence electrons. The van der Waals surface area contributed by atoms with Crippen LogP contribution in [0.1, 0.15) is 12.8 Å². The van der Waals surface area contributed by atoms with Crippen LogP contribution < -0.4 is 5.32 Å². The highest BCUT2D eigenvalue weighted by Crippen LogP contribution is 2.08. The van der Waals surface area contributed by atoms with Crippen molar-refractivity contribution >= 4 is 39.9 Å². The molecule has 0 saturated heterocycles. The monoisotopic (exact) mass is 263 g/mol. The molecule has 1 N–H and O–H groups in total. The van der Waals surface area contributed by atoms with Crippen LogP contribution in [0.15, 0.2) is 5.51 Å². The fourth-order valence-corrected chi connectivity index (χ4v) is 1.39. The first-order valence-corrected chi connectivity index (χ1v) is 5.91. The molecule has 0 aromatic carbocycles. The highest BCUT2D eigenvalue weighted by Gasteiger charge is 2.09. The van der Waals surface area contributed by atoms with Crippen LogP contribution in [0, 0.1) is 0 Å². The van der Waals surface area contributed by atoms with Crippen LogP contribution in [-0.2, 0) is 14.3 Å². The van der Waals surface area contributed by atoms with E-state index in [4.69, 9.17) is 16.3 Å². The van der Waals surface area contributed by atoms with Crippen molar-refractivity contribution in [1.82, 2.24) is 10.2 Å². The minimum Gasteiger partial charge on any atom is -0.464 e. The molecule has 0 fully saturated rings. The van der Waals surface area contributed by atoms with E-state index in [2.05, 4.69) is 15.5 Å². The molecule has 1 rings (SSSR count). The van der Waals surface area contributed by atoms with Gasteiger partial charge in [-0.3, -0.25) is 9.59 Å². The smallest absolute Gasteiger partial charge is 0.306 e. The molecule has 6 nitrogen and oxygen atoms in total. The van der Waals surface area contributed by atoms with Crippen LogP contribution >= 0.6 is 22.9 Å². The minimum absolute atomic E-state index is 0.0293. The standard InChI is InChI=1S/C8H10ClN3O3S/c9-3-4-15-7(14)2-1-6(13)11-8-12-10-5-16-8/h5H,1-4H2,(H,11,12,13). The van der Waals surface area contributed by atoms with Gasteiger partial charge in [0, 0.05) is 6.42 Å². The molecule has 1 aromatic rings. The highest BCUT2D eigenvalue weighted by molar-refractivity contribution is 7.13. The zero-order chi connectivity index (χ0) is 11.8. The predicted molar refractivity (Wildman–Crippen MR) is 59.5 cm³/mol. The molecule has 0 saturated carbocycles. The lowest BCUT2D eigenvalue weighted by molar-refractivity contribution is -0.144. The number of ether oxygens (including phenoxy) is 1. The lowest BCUT2D eigenvalue weighted by Crippen LogP contribution is -2.15. The van der Waals surface area contributed by atoms with E-state index in [-0.39, 0.29) is 31.2 Å². The molecule has 0 radical (unpaired) electrons. The Morgan fingerprint density at radius 1 is 1.50 bits per heavy atom. The van der Waals surface area contributed by atoms with E-state index in [1.54, 1.807) is 0 Å². The molecule has 0 aliphatic carbocycles. The van der Waals surface area contributed by atoms with Gasteiger partial charge in [0.05, 0.1) is 12.3 Å². The number of nitrogens with one attached hydrogen (secondary N) is 1. The SMILES string of the molecule is O=C(CCC(=O)OCCCl)Nc1nncs1. The largest absolute Gasteiger partial charge is 0.464 e. The number of anilines is 1. The number of nitrogens with zero attached hydrogens (tertiary/aromatic N) is 2. The number of hydrogen-bond acceptors (Lipinski definition) is 6. The van der Waals surface area contributed by atoms with Crippen molar-refractivity contribution in [3.05, 3.63) is 5.51 Å². The van der Waals surface area contributed by atoms with E-state index in [9.17, 15) is 9.59 Å². The third kappa shape index (κ3) is 5.04. The van der Waals surface area contributed by atoms with Crippen molar-refractivity contribution in [2.45, 2.75) is 12.8 Å². The minimum atomic E-state index is -0.437. The lowest BCUT2D eigenvalue weighted by atomic mass is 10.3. The molecular weight excluding hydrogens is 254 g/mol. The van der Waals surface area contributed by atoms with Gasteiger partial charge < -0.3 is 10.1 Å². The summed E-state index contributed by atoms with van der Waals surface area (Å²) < 4.78 is 4.70. The molecule has 16 heavy (non-hydrogen) atoms. The average Bonchev–Trinajstić information content (AvgIpc) is 2.76. The summed E-state index contributed by atoms with van der Waals surface area (Å²) in [6.07, 6.45) is 0.0855. The van der Waals surface area contributed by atoms with Crippen molar-refractivity contribution in [3.8, 4) is 0 Å². The second kappa shape index (κ2) is 7.13. The quantitative estimate of drug-likeness (QED) is 0.613. The number of alkyl halides is 1. The number of halogens is 1. The lowest BCUT2D eigenvalue weighted by Gasteiger charge is -2.02. The van der Waals surface area contributed by atoms with Crippen LogP contribution in [0.25, 0.3) is 0 Å². The Morgan fingerprint density at radius 2 is 2.31 bits per heavy atom. The molecule has 8 heteroatoms. The van der Waals surface area contributed by atoms with Gasteiger partial charge in [0.25, 0.3) is 0 Å². The maximum atomic E-state index is 11.3. The van der Waals surface area contributed by atoms with E-state index >= 15 is 0 Å². The van der Waals surface area contributed by atoms with Gasteiger partial charge in [0.15, 0.2) is 0 Å². The van der Waals surface area contributed by atoms with Gasteiger partial charge in [-0.15, -0.1) is 21.8 Å². The molecule has 0 bridgehead atoms. The number of aromatic nitrogens is 2. The van der Waals surface area contributed by atoms with Crippen LogP contribution in [0.4, 0.5) is 5.13 Å². The molecule has 0 atom stereocenters. The third-order valence-corrected chi connectivity index (χ3v) is 2.26. The van der Waals surface area contributed by atoms with Gasteiger partial charge in [0.1, 0.15) is 12.1 Å². The van der Waals surface area contributed by atoms with E-state index in [1.165, 1.54) is 16.8 Å². The summed E-state index contributed by atoms with van der Waals surface area (Å²) in [6.45, 7) is 0.165. The Hall–Kier alpha value is -1.21. The van der Waals surface area contributed by atoms with Crippen molar-refractivity contribution < 1.29 is 14.3 Å². The Labute approximate surface area is 101 Å². The number of carbonyl (C=O) groups excluding carboxylic acids is 2. The number of rotatable bonds is 6. The molecule has 0 spiro atoms. The average molecular weight is 264 g/mol. The van der Waals surface area contributed by atoms with Gasteiger partial charge in [-0.2, -0.15) is 0 Å². The van der Waals surface area contributed by atoms with Crippen LogP contribution in [0.3, 0.4) is 0 Å². The van der Waals surface area contributed by atoms with E-state index < -0.39 is 5.97 Å². The van der Waals surface area contributed by atoms with E-state index in [1.807, 2.05) is 0 Å². The van der Waals surface area contributed by atoms with Crippen LogP contribution in [0.5, 0.6) is 0 Å². The first-order chi connectivity index (χ1) is 7.72. The number of amides is 1. The zero-order valence-electron chi connectivity index (χ0n) is 8.31. The number of carbonyl (C=O) groups is 2. The second-order valence-electron chi connectivity index (χ2n) is 2.70. The summed E-state index contributed by atoms with van der Waals surface area (Å²) in [5.41, 5.74) is 1.50. The van der Waals surface area contributed by atoms with Crippen LogP contribution in [0.2, 0.25) is 0 Å². The molecule has 1 amide bonds. The van der Waals surface area contributed by atoms with Crippen LogP contribution in [-0.4, -0.2) is 34.6 Å². The van der Waals surface area contributed by atoms with E-state index in [0.29, 0.717) is 5.13 Å². The van der Waals surface area contributed by atoms with Crippen molar-refractivity contribution in [2.24, 2.45) is 0 Å². The Balaban J connectivity index is 2.17. The Bertz CT molecular complexity index is 344. The molecule has 0 aliphatic rings. The fourth-order valence-electron chi connectivity index (χ4n) is 0.849. The summed E-state index contributed by atoms with van der Waals surface area (Å²) in [6, 6.07) is 0. The summed E-state index contributed by atoms with van der Waals surface area (Å²) in [5.74, 6) is -0.476. The first kappa shape index (κ1) is 12.9. The molecule has 0 aliphatic heterocycles. The topological polar surface area (TPSA) is 81.2 Å². The highest BCUT2D eigenvalue weighted by atomic mass is 35.5. The van der Waals surface area contributed by atoms with Gasteiger partial charge >= 0.3 is 5.97 Å². The summed E-state index contributed by atoms with van der Waals surface area (Å²) in [7, 11) is 0. The number of hydrogen-bond donors (Lipinski definition) is 1. The fraction of sp³-hybridized carbons (Fsp3) is 0.500. The maximum Gasteiger partial charge on any atom is 0.306 e. The Morgan fingerprint density at radius 3 is 2.94 bits per heavy atom. The summed E-state index contributed by atoms with van der Waals surface area (Å²) >= 11 is 6.54. The van der Waals surface area contributed by atoms with Gasteiger partial charge in [0.2, 0.25) is 11.0 Å². The van der Waals surface area contributed by atoms with Crippen molar-refractivity contribution in [2.75, 3.05) is 17.8 Å². The normalized spacial score (nSPS) is 9.81. The summed E-state index contributed by atoms with van der Waals surface area (Å²) in [5, 5.41) is 10.1. The molecule has 1 aromatic heterocycles. The Kier molecular flexibility index (Phi) is 5.73. The molecule has 0 unspecified atom stereocenters. The first-order valence-electron chi connectivity index (χ1n) is 4.50. The molecule has 1 heterocycles. The number of esters is 1. The maximum absolute atomic E-state index is 11.3. The van der Waals surface area contributed by atoms with E-state index in [0.717, 1.165) is 0 Å². The van der Waals surface area contributed by atoms with Crippen molar-refractivity contribution in [1.29, 1.82) is 0 Å². The second-order valence-corrected chi connectivity index (χ2v) is 3.91. The zero-order valence-corrected chi connectivity index (χ0v) is 9.88. The van der Waals surface area contributed by atoms with Crippen molar-refractivity contribution in [3.63, 3.8) is 0 Å². The summed E-state index contributed by atoms with van der Waals surface area (Å²) in [4.78, 5) is 22.3. The molecular formula is C8H10ClN3O3S. The van der Waals surface area contributed by atoms with Gasteiger partial charge in [-0.1, -0.05) is 11.3 Å². The predicted octanol–water partition coefficient (Wildman–Crippen LogP) is 1.04. The third-order valence-electron chi connectivity index (χ3n) is 1.50. The van der Waals surface area contributed by atoms with Gasteiger partial charge in [-0.25, -0.2) is 0 Å².